The van der Waals surface area contributed by atoms with Crippen LogP contribution in [-0.4, -0.2) is 18.9 Å². The number of ether oxygens (including phenoxy) is 3. The standard InChI is InChI=1S/C20H18F3NO3/c1-11-17(9-13-7-8-15(22)19(23)20(13)24-11)27-16-6-4-5-14(21)18(16)12(2)26-10-25-3/h4-9,12H,10H2,1-3H3. The van der Waals surface area contributed by atoms with Gasteiger partial charge in [0.2, 0.25) is 0 Å². The van der Waals surface area contributed by atoms with Crippen molar-refractivity contribution in [3.63, 3.8) is 0 Å². The maximum Gasteiger partial charge on any atom is 0.184 e. The van der Waals surface area contributed by atoms with Crippen molar-refractivity contribution in [2.45, 2.75) is 20.0 Å². The molecule has 3 aromatic rings. The highest BCUT2D eigenvalue weighted by Gasteiger charge is 2.19. The van der Waals surface area contributed by atoms with Crippen LogP contribution in [0.15, 0.2) is 36.4 Å². The first-order chi connectivity index (χ1) is 12.9. The summed E-state index contributed by atoms with van der Waals surface area (Å²) in [6.45, 7) is 3.27. The zero-order chi connectivity index (χ0) is 19.6. The fourth-order valence-corrected chi connectivity index (χ4v) is 2.73. The molecule has 7 heteroatoms. The normalized spacial score (nSPS) is 12.4. The molecule has 0 N–H and O–H groups in total. The molecule has 1 unspecified atom stereocenters. The predicted molar refractivity (Wildman–Crippen MR) is 94.2 cm³/mol. The van der Waals surface area contributed by atoms with Crippen LogP contribution in [0, 0.1) is 24.4 Å². The van der Waals surface area contributed by atoms with Crippen molar-refractivity contribution in [3.05, 3.63) is 65.1 Å². The van der Waals surface area contributed by atoms with Gasteiger partial charge in [0.15, 0.2) is 11.6 Å². The first-order valence-corrected chi connectivity index (χ1v) is 8.24. The van der Waals surface area contributed by atoms with Crippen molar-refractivity contribution in [2.75, 3.05) is 13.9 Å². The van der Waals surface area contributed by atoms with E-state index in [9.17, 15) is 13.2 Å². The molecular formula is C20H18F3NO3. The number of aromatic nitrogens is 1. The number of benzene rings is 2. The minimum Gasteiger partial charge on any atom is -0.455 e. The summed E-state index contributed by atoms with van der Waals surface area (Å²) in [5.74, 6) is -1.94. The molecule has 0 aliphatic carbocycles. The van der Waals surface area contributed by atoms with Crippen LogP contribution in [-0.2, 0) is 9.47 Å². The highest BCUT2D eigenvalue weighted by molar-refractivity contribution is 5.81. The molecule has 0 spiro atoms. The minimum absolute atomic E-state index is 0.00363. The SMILES string of the molecule is COCOC(C)c1c(F)cccc1Oc1cc2ccc(F)c(F)c2nc1C. The predicted octanol–water partition coefficient (Wildman–Crippen LogP) is 5.43. The van der Waals surface area contributed by atoms with Gasteiger partial charge in [0.1, 0.15) is 29.6 Å². The second-order valence-electron chi connectivity index (χ2n) is 5.97. The number of hydrogen-bond donors (Lipinski definition) is 0. The van der Waals surface area contributed by atoms with Crippen LogP contribution >= 0.6 is 0 Å². The molecule has 0 saturated heterocycles. The molecule has 142 valence electrons. The Morgan fingerprint density at radius 3 is 2.56 bits per heavy atom. The molecule has 0 aliphatic heterocycles. The Morgan fingerprint density at radius 2 is 1.81 bits per heavy atom. The summed E-state index contributed by atoms with van der Waals surface area (Å²) in [6, 6.07) is 8.38. The van der Waals surface area contributed by atoms with E-state index >= 15 is 0 Å². The van der Waals surface area contributed by atoms with Crippen molar-refractivity contribution >= 4 is 10.9 Å². The monoisotopic (exact) mass is 377 g/mol. The highest BCUT2D eigenvalue weighted by Crippen LogP contribution is 2.35. The summed E-state index contributed by atoms with van der Waals surface area (Å²) in [5, 5.41) is 0.371. The molecule has 4 nitrogen and oxygen atoms in total. The third-order valence-corrected chi connectivity index (χ3v) is 4.10. The maximum atomic E-state index is 14.4. The lowest BCUT2D eigenvalue weighted by molar-refractivity contribution is -0.0680. The fraction of sp³-hybridized carbons (Fsp3) is 0.250. The molecule has 0 fully saturated rings. The second-order valence-corrected chi connectivity index (χ2v) is 5.97. The van der Waals surface area contributed by atoms with Crippen molar-refractivity contribution in [2.24, 2.45) is 0 Å². The molecular weight excluding hydrogens is 359 g/mol. The summed E-state index contributed by atoms with van der Waals surface area (Å²) >= 11 is 0. The minimum atomic E-state index is -1.02. The Balaban J connectivity index is 2.02. The Labute approximate surface area is 154 Å². The van der Waals surface area contributed by atoms with E-state index in [1.165, 1.54) is 31.4 Å². The topological polar surface area (TPSA) is 40.6 Å². The Bertz CT molecular complexity index is 978. The van der Waals surface area contributed by atoms with Gasteiger partial charge >= 0.3 is 0 Å². The van der Waals surface area contributed by atoms with Crippen molar-refractivity contribution in [3.8, 4) is 11.5 Å². The number of pyridine rings is 1. The molecule has 0 aliphatic rings. The maximum absolute atomic E-state index is 14.4. The first kappa shape index (κ1) is 19.1. The van der Waals surface area contributed by atoms with E-state index in [0.717, 1.165) is 6.07 Å². The van der Waals surface area contributed by atoms with Crippen molar-refractivity contribution < 1.29 is 27.4 Å². The summed E-state index contributed by atoms with van der Waals surface area (Å²) in [7, 11) is 1.47. The van der Waals surface area contributed by atoms with Crippen molar-refractivity contribution in [1.29, 1.82) is 0 Å². The van der Waals surface area contributed by atoms with Crippen LogP contribution in [0.3, 0.4) is 0 Å². The van der Waals surface area contributed by atoms with Crippen LogP contribution in [0.2, 0.25) is 0 Å². The number of aryl methyl sites for hydroxylation is 1. The Morgan fingerprint density at radius 1 is 1.04 bits per heavy atom. The average molecular weight is 377 g/mol. The van der Waals surface area contributed by atoms with E-state index in [4.69, 9.17) is 14.2 Å². The van der Waals surface area contributed by atoms with Gasteiger partial charge in [-0.3, -0.25) is 0 Å². The summed E-state index contributed by atoms with van der Waals surface area (Å²) in [5.41, 5.74) is 0.475. The number of halogens is 3. The lowest BCUT2D eigenvalue weighted by atomic mass is 10.1. The third-order valence-electron chi connectivity index (χ3n) is 4.10. The lowest BCUT2D eigenvalue weighted by Gasteiger charge is -2.18. The zero-order valence-corrected chi connectivity index (χ0v) is 15.1. The number of nitrogens with zero attached hydrogens (tertiary/aromatic N) is 1. The Kier molecular flexibility index (Phi) is 5.62. The van der Waals surface area contributed by atoms with Gasteiger partial charge in [0.25, 0.3) is 0 Å². The average Bonchev–Trinajstić information content (AvgIpc) is 2.64. The third kappa shape index (κ3) is 3.89. The molecule has 27 heavy (non-hydrogen) atoms. The summed E-state index contributed by atoms with van der Waals surface area (Å²) in [6.07, 6.45) is -0.624. The number of hydrogen-bond acceptors (Lipinski definition) is 4. The number of rotatable bonds is 6. The van der Waals surface area contributed by atoms with Gasteiger partial charge in [0, 0.05) is 12.5 Å². The van der Waals surface area contributed by atoms with Crippen molar-refractivity contribution in [1.82, 2.24) is 4.98 Å². The van der Waals surface area contributed by atoms with Gasteiger partial charge in [-0.2, -0.15) is 0 Å². The molecule has 1 heterocycles. The van der Waals surface area contributed by atoms with Crippen LogP contribution in [0.25, 0.3) is 10.9 Å². The van der Waals surface area contributed by atoms with E-state index in [0.29, 0.717) is 16.8 Å². The van der Waals surface area contributed by atoms with Gasteiger partial charge in [-0.05, 0) is 44.2 Å². The number of methoxy groups -OCH3 is 1. The summed E-state index contributed by atoms with van der Waals surface area (Å²) in [4.78, 5) is 4.09. The van der Waals surface area contributed by atoms with Gasteiger partial charge in [-0.15, -0.1) is 0 Å². The molecule has 0 radical (unpaired) electrons. The molecule has 2 aromatic carbocycles. The fourth-order valence-electron chi connectivity index (χ4n) is 2.73. The van der Waals surface area contributed by atoms with E-state index in [2.05, 4.69) is 4.98 Å². The van der Waals surface area contributed by atoms with Gasteiger partial charge < -0.3 is 14.2 Å². The molecule has 0 bridgehead atoms. The summed E-state index contributed by atoms with van der Waals surface area (Å²) < 4.78 is 57.8. The zero-order valence-electron chi connectivity index (χ0n) is 15.1. The van der Waals surface area contributed by atoms with Crippen LogP contribution < -0.4 is 4.74 Å². The van der Waals surface area contributed by atoms with Crippen LogP contribution in [0.1, 0.15) is 24.3 Å². The Hall–Kier alpha value is -2.64. The molecule has 0 amide bonds. The van der Waals surface area contributed by atoms with E-state index in [-0.39, 0.29) is 23.6 Å². The van der Waals surface area contributed by atoms with Crippen LogP contribution in [0.4, 0.5) is 13.2 Å². The van der Waals surface area contributed by atoms with E-state index in [1.54, 1.807) is 19.9 Å². The van der Waals surface area contributed by atoms with Gasteiger partial charge in [-0.25, -0.2) is 18.2 Å². The van der Waals surface area contributed by atoms with E-state index in [1.807, 2.05) is 0 Å². The highest BCUT2D eigenvalue weighted by atomic mass is 19.2. The largest absolute Gasteiger partial charge is 0.455 e. The van der Waals surface area contributed by atoms with Gasteiger partial charge in [-0.1, -0.05) is 6.07 Å². The van der Waals surface area contributed by atoms with Gasteiger partial charge in [0.05, 0.1) is 17.4 Å². The second kappa shape index (κ2) is 7.94. The number of fused-ring (bicyclic) bond motifs is 1. The lowest BCUT2D eigenvalue weighted by Crippen LogP contribution is -2.07. The first-order valence-electron chi connectivity index (χ1n) is 8.24. The quantitative estimate of drug-likeness (QED) is 0.537. The molecule has 1 atom stereocenters. The van der Waals surface area contributed by atoms with Crippen LogP contribution in [0.5, 0.6) is 11.5 Å². The smallest absolute Gasteiger partial charge is 0.184 e. The molecule has 0 saturated carbocycles. The molecule has 3 rings (SSSR count). The molecule has 1 aromatic heterocycles. The van der Waals surface area contributed by atoms with E-state index < -0.39 is 23.6 Å².